The molecule has 0 aliphatic carbocycles. The summed E-state index contributed by atoms with van der Waals surface area (Å²) >= 11 is 0. The maximum absolute atomic E-state index is 13.2. The van der Waals surface area contributed by atoms with E-state index in [0.29, 0.717) is 31.1 Å². The Hall–Kier alpha value is -2.44. The molecule has 134 valence electrons. The largest absolute Gasteiger partial charge is 0.369 e. The Morgan fingerprint density at radius 1 is 0.923 bits per heavy atom. The van der Waals surface area contributed by atoms with Crippen LogP contribution in [0.2, 0.25) is 0 Å². The van der Waals surface area contributed by atoms with Crippen molar-refractivity contribution in [2.45, 2.75) is 11.8 Å². The Bertz CT molecular complexity index is 1040. The molecule has 1 aliphatic heterocycles. The van der Waals surface area contributed by atoms with Crippen molar-refractivity contribution >= 4 is 26.5 Å². The van der Waals surface area contributed by atoms with E-state index in [2.05, 4.69) is 28.9 Å². The zero-order chi connectivity index (χ0) is 18.1. The monoisotopic (exact) mass is 367 g/mol. The first-order valence-electron chi connectivity index (χ1n) is 8.71. The van der Waals surface area contributed by atoms with E-state index in [-0.39, 0.29) is 0 Å². The first-order chi connectivity index (χ1) is 12.6. The van der Waals surface area contributed by atoms with Crippen LogP contribution in [0.15, 0.2) is 65.8 Å². The number of rotatable bonds is 3. The van der Waals surface area contributed by atoms with Crippen molar-refractivity contribution in [3.63, 3.8) is 0 Å². The van der Waals surface area contributed by atoms with Crippen molar-refractivity contribution in [3.8, 4) is 0 Å². The summed E-state index contributed by atoms with van der Waals surface area (Å²) in [5.74, 6) is 0. The lowest BCUT2D eigenvalue weighted by atomic mass is 10.1. The predicted octanol–water partition coefficient (Wildman–Crippen LogP) is 3.05. The van der Waals surface area contributed by atoms with Crippen LogP contribution in [0.3, 0.4) is 0 Å². The SMILES string of the molecule is Cc1ccccc1N1CCN(S(=O)(=O)c2cccc3cnccc23)CC1. The number of hydrogen-bond donors (Lipinski definition) is 0. The first-order valence-corrected chi connectivity index (χ1v) is 10.1. The number of fused-ring (bicyclic) bond motifs is 1. The molecule has 0 radical (unpaired) electrons. The summed E-state index contributed by atoms with van der Waals surface area (Å²) in [7, 11) is -3.53. The molecular formula is C20H21N3O2S. The molecule has 26 heavy (non-hydrogen) atoms. The molecule has 0 spiro atoms. The van der Waals surface area contributed by atoms with Crippen LogP contribution in [0.4, 0.5) is 5.69 Å². The molecule has 0 unspecified atom stereocenters. The van der Waals surface area contributed by atoms with Gasteiger partial charge in [0.25, 0.3) is 0 Å². The molecule has 1 saturated heterocycles. The van der Waals surface area contributed by atoms with Crippen molar-refractivity contribution < 1.29 is 8.42 Å². The third kappa shape index (κ3) is 2.95. The van der Waals surface area contributed by atoms with Crippen LogP contribution in [0, 0.1) is 6.92 Å². The maximum atomic E-state index is 13.2. The van der Waals surface area contributed by atoms with Gasteiger partial charge in [0.1, 0.15) is 0 Å². The third-order valence-corrected chi connectivity index (χ3v) is 6.91. The second-order valence-corrected chi connectivity index (χ2v) is 8.44. The molecule has 0 bridgehead atoms. The van der Waals surface area contributed by atoms with E-state index in [4.69, 9.17) is 0 Å². The Balaban J connectivity index is 1.60. The molecule has 4 rings (SSSR count). The molecule has 0 N–H and O–H groups in total. The van der Waals surface area contributed by atoms with Crippen LogP contribution < -0.4 is 4.90 Å². The Morgan fingerprint density at radius 3 is 2.46 bits per heavy atom. The number of anilines is 1. The molecule has 0 amide bonds. The molecule has 1 fully saturated rings. The molecule has 3 aromatic rings. The second-order valence-electron chi connectivity index (χ2n) is 6.53. The standard InChI is InChI=1S/C20H21N3O2S/c1-16-5-2-3-7-19(16)22-11-13-23(14-12-22)26(24,25)20-8-4-6-17-15-21-10-9-18(17)20/h2-10,15H,11-14H2,1H3. The number of nitrogens with zero attached hydrogens (tertiary/aromatic N) is 3. The van der Waals surface area contributed by atoms with Gasteiger partial charge < -0.3 is 4.90 Å². The lowest BCUT2D eigenvalue weighted by Crippen LogP contribution is -2.48. The van der Waals surface area contributed by atoms with Gasteiger partial charge >= 0.3 is 0 Å². The van der Waals surface area contributed by atoms with Crippen LogP contribution in [-0.4, -0.2) is 43.9 Å². The molecule has 0 saturated carbocycles. The molecule has 5 nitrogen and oxygen atoms in total. The summed E-state index contributed by atoms with van der Waals surface area (Å²) in [5.41, 5.74) is 2.39. The zero-order valence-corrected chi connectivity index (χ0v) is 15.5. The van der Waals surface area contributed by atoms with Crippen molar-refractivity contribution in [2.24, 2.45) is 0 Å². The lowest BCUT2D eigenvalue weighted by molar-refractivity contribution is 0.385. The summed E-state index contributed by atoms with van der Waals surface area (Å²) in [6, 6.07) is 15.3. The van der Waals surface area contributed by atoms with E-state index in [1.54, 1.807) is 34.9 Å². The Morgan fingerprint density at radius 2 is 1.69 bits per heavy atom. The highest BCUT2D eigenvalue weighted by atomic mass is 32.2. The zero-order valence-electron chi connectivity index (χ0n) is 14.7. The van der Waals surface area contributed by atoms with Crippen LogP contribution in [0.5, 0.6) is 0 Å². The van der Waals surface area contributed by atoms with E-state index in [9.17, 15) is 8.42 Å². The van der Waals surface area contributed by atoms with Gasteiger partial charge in [-0.1, -0.05) is 30.3 Å². The number of para-hydroxylation sites is 1. The maximum Gasteiger partial charge on any atom is 0.243 e. The highest BCUT2D eigenvalue weighted by Gasteiger charge is 2.30. The van der Waals surface area contributed by atoms with Crippen molar-refractivity contribution in [1.29, 1.82) is 0 Å². The minimum atomic E-state index is -3.53. The van der Waals surface area contributed by atoms with Gasteiger partial charge in [-0.3, -0.25) is 4.98 Å². The average molecular weight is 367 g/mol. The smallest absolute Gasteiger partial charge is 0.243 e. The Kier molecular flexibility index (Phi) is 4.38. The van der Waals surface area contributed by atoms with E-state index >= 15 is 0 Å². The Labute approximate surface area is 153 Å². The molecule has 2 aromatic carbocycles. The van der Waals surface area contributed by atoms with E-state index in [1.165, 1.54) is 11.3 Å². The molecule has 6 heteroatoms. The van der Waals surface area contributed by atoms with Crippen molar-refractivity contribution in [1.82, 2.24) is 9.29 Å². The van der Waals surface area contributed by atoms with Crippen molar-refractivity contribution in [3.05, 3.63) is 66.5 Å². The highest BCUT2D eigenvalue weighted by molar-refractivity contribution is 7.89. The fourth-order valence-corrected chi connectivity index (χ4v) is 5.18. The lowest BCUT2D eigenvalue weighted by Gasteiger charge is -2.36. The van der Waals surface area contributed by atoms with Gasteiger partial charge in [-0.05, 0) is 30.7 Å². The first kappa shape index (κ1) is 17.0. The third-order valence-electron chi connectivity index (χ3n) is 4.95. The summed E-state index contributed by atoms with van der Waals surface area (Å²) in [6.07, 6.45) is 3.34. The average Bonchev–Trinajstić information content (AvgIpc) is 2.68. The number of sulfonamides is 1. The predicted molar refractivity (Wildman–Crippen MR) is 104 cm³/mol. The number of aryl methyl sites for hydroxylation is 1. The minimum Gasteiger partial charge on any atom is -0.369 e. The highest BCUT2D eigenvalue weighted by Crippen LogP contribution is 2.27. The van der Waals surface area contributed by atoms with Crippen LogP contribution >= 0.6 is 0 Å². The van der Waals surface area contributed by atoms with Gasteiger partial charge in [0.2, 0.25) is 10.0 Å². The molecule has 1 aliphatic rings. The summed E-state index contributed by atoms with van der Waals surface area (Å²) in [5, 5.41) is 1.57. The van der Waals surface area contributed by atoms with Crippen LogP contribution in [0.25, 0.3) is 10.8 Å². The summed E-state index contributed by atoms with van der Waals surface area (Å²) < 4.78 is 28.0. The molecule has 1 aromatic heterocycles. The fourth-order valence-electron chi connectivity index (χ4n) is 3.54. The van der Waals surface area contributed by atoms with Crippen molar-refractivity contribution in [2.75, 3.05) is 31.1 Å². The number of piperazine rings is 1. The van der Waals surface area contributed by atoms with Gasteiger partial charge in [0.15, 0.2) is 0 Å². The number of hydrogen-bond acceptors (Lipinski definition) is 4. The number of benzene rings is 2. The summed E-state index contributed by atoms with van der Waals surface area (Å²) in [6.45, 7) is 4.44. The van der Waals surface area contributed by atoms with Gasteiger partial charge in [-0.15, -0.1) is 0 Å². The molecule has 0 atom stereocenters. The quantitative estimate of drug-likeness (QED) is 0.714. The van der Waals surface area contributed by atoms with Gasteiger partial charge in [0, 0.05) is 55.0 Å². The normalized spacial score (nSPS) is 16.1. The van der Waals surface area contributed by atoms with Crippen LogP contribution in [-0.2, 0) is 10.0 Å². The van der Waals surface area contributed by atoms with E-state index in [0.717, 1.165) is 10.8 Å². The van der Waals surface area contributed by atoms with E-state index < -0.39 is 10.0 Å². The van der Waals surface area contributed by atoms with Gasteiger partial charge in [-0.25, -0.2) is 8.42 Å². The van der Waals surface area contributed by atoms with Gasteiger partial charge in [0.05, 0.1) is 4.90 Å². The topological polar surface area (TPSA) is 53.5 Å². The number of aromatic nitrogens is 1. The molecular weight excluding hydrogens is 346 g/mol. The van der Waals surface area contributed by atoms with Crippen LogP contribution in [0.1, 0.15) is 5.56 Å². The summed E-state index contributed by atoms with van der Waals surface area (Å²) in [4.78, 5) is 6.71. The fraction of sp³-hybridized carbons (Fsp3) is 0.250. The molecule has 2 heterocycles. The van der Waals surface area contributed by atoms with E-state index in [1.807, 2.05) is 18.2 Å². The number of pyridine rings is 1. The second kappa shape index (κ2) is 6.70. The minimum absolute atomic E-state index is 0.363. The van der Waals surface area contributed by atoms with Gasteiger partial charge in [-0.2, -0.15) is 4.31 Å².